The fourth-order valence-electron chi connectivity index (χ4n) is 3.85. The average molecular weight is 457 g/mol. The van der Waals surface area contributed by atoms with Gasteiger partial charge in [-0.1, -0.05) is 28.1 Å². The molecule has 1 fully saturated rings. The van der Waals surface area contributed by atoms with E-state index >= 15 is 0 Å². The Labute approximate surface area is 172 Å². The van der Waals surface area contributed by atoms with Gasteiger partial charge in [0.1, 0.15) is 5.75 Å². The van der Waals surface area contributed by atoms with E-state index in [9.17, 15) is 13.2 Å². The Hall–Kier alpha value is -1.53. The monoisotopic (exact) mass is 456 g/mol. The summed E-state index contributed by atoms with van der Waals surface area (Å²) in [7, 11) is 0. The van der Waals surface area contributed by atoms with Crippen molar-refractivity contribution in [2.45, 2.75) is 44.4 Å². The van der Waals surface area contributed by atoms with Crippen molar-refractivity contribution in [2.24, 2.45) is 5.92 Å². The van der Waals surface area contributed by atoms with Crippen LogP contribution in [0, 0.1) is 5.92 Å². The summed E-state index contributed by atoms with van der Waals surface area (Å²) in [6, 6.07) is 13.3. The number of benzene rings is 2. The number of rotatable bonds is 6. The van der Waals surface area contributed by atoms with Gasteiger partial charge in [-0.3, -0.25) is 0 Å². The zero-order valence-corrected chi connectivity index (χ0v) is 17.3. The van der Waals surface area contributed by atoms with Crippen LogP contribution in [-0.4, -0.2) is 19.3 Å². The first-order valence-corrected chi connectivity index (χ1v) is 10.3. The van der Waals surface area contributed by atoms with Gasteiger partial charge in [0.2, 0.25) is 0 Å². The Morgan fingerprint density at radius 3 is 2.25 bits per heavy atom. The molecule has 3 rings (SSSR count). The Morgan fingerprint density at radius 2 is 1.64 bits per heavy atom. The summed E-state index contributed by atoms with van der Waals surface area (Å²) in [5.74, 6) is 1.15. The second kappa shape index (κ2) is 9.31. The third kappa shape index (κ3) is 5.74. The van der Waals surface area contributed by atoms with Gasteiger partial charge in [-0.05, 0) is 80.0 Å². The van der Waals surface area contributed by atoms with Gasteiger partial charge >= 0.3 is 6.18 Å². The van der Waals surface area contributed by atoms with E-state index in [4.69, 9.17) is 9.47 Å². The van der Waals surface area contributed by atoms with E-state index < -0.39 is 11.7 Å². The Morgan fingerprint density at radius 1 is 0.964 bits per heavy atom. The second-order valence-corrected chi connectivity index (χ2v) is 8.15. The van der Waals surface area contributed by atoms with Crippen LogP contribution in [-0.2, 0) is 10.9 Å². The molecule has 0 amide bonds. The van der Waals surface area contributed by atoms with E-state index in [0.29, 0.717) is 30.8 Å². The fraction of sp³-hybridized carbons (Fsp3) is 0.455. The summed E-state index contributed by atoms with van der Waals surface area (Å²) in [5.41, 5.74) is 0.622. The lowest BCUT2D eigenvalue weighted by atomic mass is 9.77. The lowest BCUT2D eigenvalue weighted by molar-refractivity contribution is -0.137. The Kier molecular flexibility index (Phi) is 7.05. The number of hydrogen-bond donors (Lipinski definition) is 0. The minimum absolute atomic E-state index is 0.175. The molecule has 0 radical (unpaired) electrons. The van der Waals surface area contributed by atoms with Crippen LogP contribution in [0.5, 0.6) is 5.75 Å². The molecule has 1 aliphatic carbocycles. The van der Waals surface area contributed by atoms with Crippen molar-refractivity contribution in [2.75, 3.05) is 13.2 Å². The van der Waals surface area contributed by atoms with E-state index in [-0.39, 0.29) is 6.10 Å². The molecule has 3 unspecified atom stereocenters. The van der Waals surface area contributed by atoms with E-state index in [1.807, 2.05) is 19.1 Å². The topological polar surface area (TPSA) is 18.5 Å². The fourth-order valence-corrected chi connectivity index (χ4v) is 4.11. The largest absolute Gasteiger partial charge is 0.493 e. The van der Waals surface area contributed by atoms with Gasteiger partial charge < -0.3 is 9.47 Å². The van der Waals surface area contributed by atoms with Gasteiger partial charge in [0.05, 0.1) is 18.3 Å². The van der Waals surface area contributed by atoms with Gasteiger partial charge in [0.15, 0.2) is 0 Å². The maximum atomic E-state index is 12.7. The summed E-state index contributed by atoms with van der Waals surface area (Å²) in [5, 5.41) is 0. The number of ether oxygens (including phenoxy) is 2. The molecule has 0 heterocycles. The minimum Gasteiger partial charge on any atom is -0.493 e. The lowest BCUT2D eigenvalue weighted by Gasteiger charge is -2.35. The van der Waals surface area contributed by atoms with Crippen LogP contribution in [0.3, 0.4) is 0 Å². The Bertz CT molecular complexity index is 744. The molecule has 6 heteroatoms. The molecular weight excluding hydrogens is 433 g/mol. The van der Waals surface area contributed by atoms with Crippen LogP contribution in [0.25, 0.3) is 0 Å². The van der Waals surface area contributed by atoms with Gasteiger partial charge in [-0.2, -0.15) is 13.2 Å². The standard InChI is InChI=1S/C22H24BrF3O2/c1-2-27-21-12-15(11-17(13-21)16-3-7-19(23)8-4-16)14-28-20-9-5-18(6-10-20)22(24,25)26/h3-10,15,17,21H,2,11-14H2,1H3. The predicted molar refractivity (Wildman–Crippen MR) is 107 cm³/mol. The number of hydrogen-bond acceptors (Lipinski definition) is 2. The third-order valence-electron chi connectivity index (χ3n) is 5.17. The highest BCUT2D eigenvalue weighted by Crippen LogP contribution is 2.38. The van der Waals surface area contributed by atoms with Crippen LogP contribution < -0.4 is 4.74 Å². The van der Waals surface area contributed by atoms with Gasteiger partial charge in [-0.25, -0.2) is 0 Å². The molecule has 0 aliphatic heterocycles. The summed E-state index contributed by atoms with van der Waals surface area (Å²) in [6.45, 7) is 3.14. The minimum atomic E-state index is -4.33. The second-order valence-electron chi connectivity index (χ2n) is 7.23. The summed E-state index contributed by atoms with van der Waals surface area (Å²) < 4.78 is 50.8. The van der Waals surface area contributed by atoms with Gasteiger partial charge in [0.25, 0.3) is 0 Å². The lowest BCUT2D eigenvalue weighted by Crippen LogP contribution is -2.30. The molecule has 2 aromatic carbocycles. The molecule has 28 heavy (non-hydrogen) atoms. The molecular formula is C22H24BrF3O2. The van der Waals surface area contributed by atoms with Crippen molar-refractivity contribution >= 4 is 15.9 Å². The van der Waals surface area contributed by atoms with Crippen LogP contribution in [0.2, 0.25) is 0 Å². The van der Waals surface area contributed by atoms with E-state index in [1.165, 1.54) is 17.7 Å². The molecule has 2 aromatic rings. The van der Waals surface area contributed by atoms with Crippen molar-refractivity contribution in [3.63, 3.8) is 0 Å². The SMILES string of the molecule is CCOC1CC(COc2ccc(C(F)(F)F)cc2)CC(c2ccc(Br)cc2)C1. The zero-order valence-electron chi connectivity index (χ0n) is 15.7. The molecule has 152 valence electrons. The summed E-state index contributed by atoms with van der Waals surface area (Å²) in [6.07, 6.45) is -1.29. The van der Waals surface area contributed by atoms with E-state index in [0.717, 1.165) is 35.9 Å². The zero-order chi connectivity index (χ0) is 20.1. The number of halogens is 4. The maximum Gasteiger partial charge on any atom is 0.416 e. The van der Waals surface area contributed by atoms with E-state index in [1.54, 1.807) is 0 Å². The molecule has 0 saturated heterocycles. The molecule has 0 aromatic heterocycles. The molecule has 2 nitrogen and oxygen atoms in total. The van der Waals surface area contributed by atoms with Crippen LogP contribution in [0.15, 0.2) is 53.0 Å². The maximum absolute atomic E-state index is 12.7. The highest BCUT2D eigenvalue weighted by Gasteiger charge is 2.31. The summed E-state index contributed by atoms with van der Waals surface area (Å²) >= 11 is 3.47. The summed E-state index contributed by atoms with van der Waals surface area (Å²) in [4.78, 5) is 0. The number of alkyl halides is 3. The first kappa shape index (κ1) is 21.2. The van der Waals surface area contributed by atoms with Gasteiger partial charge in [0, 0.05) is 11.1 Å². The smallest absolute Gasteiger partial charge is 0.416 e. The van der Waals surface area contributed by atoms with Crippen molar-refractivity contribution < 1.29 is 22.6 Å². The van der Waals surface area contributed by atoms with Crippen LogP contribution in [0.4, 0.5) is 13.2 Å². The molecule has 1 aliphatic rings. The molecule has 0 N–H and O–H groups in total. The van der Waals surface area contributed by atoms with Crippen LogP contribution in [0.1, 0.15) is 43.2 Å². The van der Waals surface area contributed by atoms with Gasteiger partial charge in [-0.15, -0.1) is 0 Å². The molecule has 1 saturated carbocycles. The van der Waals surface area contributed by atoms with Crippen molar-refractivity contribution in [1.82, 2.24) is 0 Å². The van der Waals surface area contributed by atoms with Crippen molar-refractivity contribution in [1.29, 1.82) is 0 Å². The van der Waals surface area contributed by atoms with Crippen LogP contribution >= 0.6 is 15.9 Å². The quantitative estimate of drug-likeness (QED) is 0.473. The third-order valence-corrected chi connectivity index (χ3v) is 5.70. The van der Waals surface area contributed by atoms with Crippen molar-refractivity contribution in [3.05, 3.63) is 64.1 Å². The normalized spacial score (nSPS) is 22.8. The highest BCUT2D eigenvalue weighted by molar-refractivity contribution is 9.10. The first-order chi connectivity index (χ1) is 13.3. The predicted octanol–water partition coefficient (Wildman–Crippen LogP) is 6.84. The molecule has 0 spiro atoms. The van der Waals surface area contributed by atoms with E-state index in [2.05, 4.69) is 28.1 Å². The molecule has 3 atom stereocenters. The first-order valence-electron chi connectivity index (χ1n) is 9.52. The van der Waals surface area contributed by atoms with Crippen molar-refractivity contribution in [3.8, 4) is 5.75 Å². The molecule has 0 bridgehead atoms. The Balaban J connectivity index is 1.63. The highest BCUT2D eigenvalue weighted by atomic mass is 79.9. The average Bonchev–Trinajstić information content (AvgIpc) is 2.67.